The number of rotatable bonds is 6. The van der Waals surface area contributed by atoms with Gasteiger partial charge in [0.05, 0.1) is 17.8 Å². The van der Waals surface area contributed by atoms with Crippen molar-refractivity contribution in [1.82, 2.24) is 0 Å². The van der Waals surface area contributed by atoms with Gasteiger partial charge in [-0.2, -0.15) is 0 Å². The van der Waals surface area contributed by atoms with Crippen LogP contribution in [0.5, 0.6) is 0 Å². The molecule has 0 radical (unpaired) electrons. The van der Waals surface area contributed by atoms with Crippen LogP contribution in [0.25, 0.3) is 0 Å². The Labute approximate surface area is 184 Å². The van der Waals surface area contributed by atoms with Crippen LogP contribution in [0.3, 0.4) is 0 Å². The number of allylic oxidation sites excluding steroid dienone is 3. The maximum atomic E-state index is 10.8. The smallest absolute Gasteiger partial charge is 0.0591 e. The number of hydrogen-bond donors (Lipinski definition) is 3. The van der Waals surface area contributed by atoms with Crippen LogP contribution in [0.15, 0.2) is 35.5 Å². The Morgan fingerprint density at radius 3 is 2.57 bits per heavy atom. The molecule has 3 heteroatoms. The third-order valence-electron chi connectivity index (χ3n) is 8.33. The molecule has 0 heterocycles. The monoisotopic (exact) mass is 416 g/mol. The molecule has 3 N–H and O–H groups in total. The molecule has 6 atom stereocenters. The first-order chi connectivity index (χ1) is 14.0. The summed E-state index contributed by atoms with van der Waals surface area (Å²) in [6.45, 7) is 12.8. The Morgan fingerprint density at radius 1 is 1.13 bits per heavy atom. The molecule has 3 nitrogen and oxygen atoms in total. The molecule has 3 rings (SSSR count). The highest BCUT2D eigenvalue weighted by molar-refractivity contribution is 5.36. The van der Waals surface area contributed by atoms with Gasteiger partial charge in [-0.05, 0) is 94.0 Å². The van der Waals surface area contributed by atoms with E-state index in [0.29, 0.717) is 24.2 Å². The Balaban J connectivity index is 1.73. The number of aliphatic hydroxyl groups excluding tert-OH is 2. The van der Waals surface area contributed by atoms with Gasteiger partial charge < -0.3 is 15.3 Å². The van der Waals surface area contributed by atoms with E-state index >= 15 is 0 Å². The lowest BCUT2D eigenvalue weighted by Gasteiger charge is -2.46. The molecule has 3 fully saturated rings. The predicted molar refractivity (Wildman–Crippen MR) is 124 cm³/mol. The molecule has 0 bridgehead atoms. The van der Waals surface area contributed by atoms with Crippen LogP contribution in [0.4, 0.5) is 0 Å². The molecule has 2 unspecified atom stereocenters. The number of hydrogen-bond acceptors (Lipinski definition) is 3. The van der Waals surface area contributed by atoms with Crippen LogP contribution in [-0.2, 0) is 0 Å². The largest absolute Gasteiger partial charge is 0.393 e. The molecule has 0 aromatic heterocycles. The van der Waals surface area contributed by atoms with Gasteiger partial charge >= 0.3 is 0 Å². The van der Waals surface area contributed by atoms with Gasteiger partial charge in [-0.1, -0.05) is 56.6 Å². The lowest BCUT2D eigenvalue weighted by molar-refractivity contribution is 0.0147. The van der Waals surface area contributed by atoms with Crippen LogP contribution in [0.1, 0.15) is 91.9 Å². The molecule has 3 aliphatic rings. The van der Waals surface area contributed by atoms with E-state index in [1.165, 1.54) is 24.0 Å². The first-order valence-electron chi connectivity index (χ1n) is 12.2. The minimum Gasteiger partial charge on any atom is -0.393 e. The van der Waals surface area contributed by atoms with Crippen molar-refractivity contribution in [3.8, 4) is 0 Å². The van der Waals surface area contributed by atoms with Gasteiger partial charge in [0.1, 0.15) is 0 Å². The summed E-state index contributed by atoms with van der Waals surface area (Å²) in [4.78, 5) is 0. The van der Waals surface area contributed by atoms with Gasteiger partial charge in [0.25, 0.3) is 0 Å². The van der Waals surface area contributed by atoms with Crippen molar-refractivity contribution in [2.45, 2.75) is 110 Å². The van der Waals surface area contributed by atoms with E-state index < -0.39 is 5.60 Å². The second kappa shape index (κ2) is 9.30. The number of fused-ring (bicyclic) bond motifs is 1. The number of aliphatic hydroxyl groups is 3. The molecule has 30 heavy (non-hydrogen) atoms. The van der Waals surface area contributed by atoms with Crippen LogP contribution >= 0.6 is 0 Å². The summed E-state index contributed by atoms with van der Waals surface area (Å²) in [6.07, 6.45) is 13.5. The molecule has 170 valence electrons. The highest BCUT2D eigenvalue weighted by Crippen LogP contribution is 2.60. The first-order valence-corrected chi connectivity index (χ1v) is 12.2. The third-order valence-corrected chi connectivity index (χ3v) is 8.33. The fourth-order valence-electron chi connectivity index (χ4n) is 6.73. The average molecular weight is 417 g/mol. The van der Waals surface area contributed by atoms with Gasteiger partial charge in [-0.25, -0.2) is 0 Å². The molecule has 0 aromatic carbocycles. The molecule has 0 aliphatic heterocycles. The zero-order chi connectivity index (χ0) is 22.1. The van der Waals surface area contributed by atoms with Crippen molar-refractivity contribution in [2.75, 3.05) is 0 Å². The molecule has 0 aromatic rings. The van der Waals surface area contributed by atoms with E-state index in [9.17, 15) is 15.3 Å². The van der Waals surface area contributed by atoms with Crippen molar-refractivity contribution in [2.24, 2.45) is 23.2 Å². The zero-order valence-corrected chi connectivity index (χ0v) is 19.7. The summed E-state index contributed by atoms with van der Waals surface area (Å²) in [7, 11) is 0. The van der Waals surface area contributed by atoms with Gasteiger partial charge in [0.2, 0.25) is 0 Å². The normalized spacial score (nSPS) is 38.8. The van der Waals surface area contributed by atoms with Crippen molar-refractivity contribution in [3.63, 3.8) is 0 Å². The summed E-state index contributed by atoms with van der Waals surface area (Å²) in [5.41, 5.74) is 3.30. The van der Waals surface area contributed by atoms with Gasteiger partial charge in [-0.3, -0.25) is 0 Å². The predicted octanol–water partition coefficient (Wildman–Crippen LogP) is 5.70. The highest BCUT2D eigenvalue weighted by Gasteiger charge is 2.52. The lowest BCUT2D eigenvalue weighted by Crippen LogP contribution is -2.41. The van der Waals surface area contributed by atoms with Gasteiger partial charge in [-0.15, -0.1) is 0 Å². The molecule has 0 spiro atoms. The Kier molecular flexibility index (Phi) is 7.37. The maximum Gasteiger partial charge on any atom is 0.0591 e. The van der Waals surface area contributed by atoms with Crippen LogP contribution in [-0.4, -0.2) is 33.1 Å². The van der Waals surface area contributed by atoms with Gasteiger partial charge in [0, 0.05) is 0 Å². The SMILES string of the molecule is C=C1CC[C@H](O)C/C1=C/C=C1CC(O)C[C@@]2(C)C1CC[C@@H]2[C@H](C)CCCC(C)(C)O. The molecule has 3 saturated carbocycles. The second-order valence-electron chi connectivity index (χ2n) is 11.4. The Morgan fingerprint density at radius 2 is 1.87 bits per heavy atom. The van der Waals surface area contributed by atoms with Crippen molar-refractivity contribution < 1.29 is 15.3 Å². The van der Waals surface area contributed by atoms with Gasteiger partial charge in [0.15, 0.2) is 0 Å². The van der Waals surface area contributed by atoms with E-state index in [4.69, 9.17) is 0 Å². The van der Waals surface area contributed by atoms with Crippen LogP contribution < -0.4 is 0 Å². The standard InChI is InChI=1S/C27H44O3/c1-18-8-11-22(28)15-20(18)9-10-21-16-23(29)17-27(5)24(12-13-25(21)27)19(2)7-6-14-26(3,4)30/h9-10,19,22-25,28-30H,1,6-8,11-17H2,2-5H3/b20-9-,21-10?/t19-,22+,23?,24-,25?,27-/m1/s1. The Hall–Kier alpha value is -0.900. The van der Waals surface area contributed by atoms with Crippen molar-refractivity contribution in [1.29, 1.82) is 0 Å². The van der Waals surface area contributed by atoms with Crippen molar-refractivity contribution >= 4 is 0 Å². The van der Waals surface area contributed by atoms with E-state index in [1.54, 1.807) is 0 Å². The molecular formula is C27H44O3. The van der Waals surface area contributed by atoms with E-state index in [1.807, 2.05) is 13.8 Å². The zero-order valence-electron chi connectivity index (χ0n) is 19.7. The second-order valence-corrected chi connectivity index (χ2v) is 11.4. The van der Waals surface area contributed by atoms with Crippen molar-refractivity contribution in [3.05, 3.63) is 35.5 Å². The molecular weight excluding hydrogens is 372 g/mol. The molecule has 0 saturated heterocycles. The minimum absolute atomic E-state index is 0.152. The van der Waals surface area contributed by atoms with E-state index in [-0.39, 0.29) is 17.6 Å². The summed E-state index contributed by atoms with van der Waals surface area (Å²) in [6, 6.07) is 0. The van der Waals surface area contributed by atoms with Crippen LogP contribution in [0, 0.1) is 23.2 Å². The average Bonchev–Trinajstić information content (AvgIpc) is 2.97. The summed E-state index contributed by atoms with van der Waals surface area (Å²) >= 11 is 0. The Bertz CT molecular complexity index is 683. The summed E-state index contributed by atoms with van der Waals surface area (Å²) in [5.74, 6) is 1.78. The maximum absolute atomic E-state index is 10.8. The lowest BCUT2D eigenvalue weighted by atomic mass is 9.60. The third kappa shape index (κ3) is 5.47. The van der Waals surface area contributed by atoms with Crippen LogP contribution in [0.2, 0.25) is 0 Å². The molecule has 0 amide bonds. The van der Waals surface area contributed by atoms with E-state index in [0.717, 1.165) is 50.5 Å². The summed E-state index contributed by atoms with van der Waals surface area (Å²) in [5, 5.41) is 30.8. The fourth-order valence-corrected chi connectivity index (χ4v) is 6.73. The quantitative estimate of drug-likeness (QED) is 0.520. The first kappa shape index (κ1) is 23.8. The highest BCUT2D eigenvalue weighted by atomic mass is 16.3. The minimum atomic E-state index is -0.580. The van der Waals surface area contributed by atoms with E-state index in [2.05, 4.69) is 32.6 Å². The molecule has 3 aliphatic carbocycles. The fraction of sp³-hybridized carbons (Fsp3) is 0.778. The topological polar surface area (TPSA) is 60.7 Å². The summed E-state index contributed by atoms with van der Waals surface area (Å²) < 4.78 is 0.